The molecule has 0 aromatic carbocycles. The minimum absolute atomic E-state index is 0.274. The predicted octanol–water partition coefficient (Wildman–Crippen LogP) is 2.97. The zero-order valence-electron chi connectivity index (χ0n) is 10.3. The average molecular weight is 264 g/mol. The van der Waals surface area contributed by atoms with Crippen LogP contribution in [0.3, 0.4) is 0 Å². The molecule has 0 aliphatic heterocycles. The van der Waals surface area contributed by atoms with E-state index in [0.717, 1.165) is 24.3 Å². The monoisotopic (exact) mass is 263 g/mol. The van der Waals surface area contributed by atoms with Crippen molar-refractivity contribution in [3.63, 3.8) is 0 Å². The van der Waals surface area contributed by atoms with E-state index in [1.807, 2.05) is 24.4 Å². The zero-order valence-corrected chi connectivity index (χ0v) is 11.1. The zero-order chi connectivity index (χ0) is 12.4. The molecule has 0 spiro atoms. The molecule has 2 aromatic heterocycles. The summed E-state index contributed by atoms with van der Waals surface area (Å²) in [6, 6.07) is 6.48. The molecule has 2 unspecified atom stereocenters. The number of hydrogen-bond acceptors (Lipinski definition) is 2. The van der Waals surface area contributed by atoms with Gasteiger partial charge in [-0.1, -0.05) is 18.9 Å². The van der Waals surface area contributed by atoms with E-state index in [1.54, 1.807) is 0 Å². The van der Waals surface area contributed by atoms with Gasteiger partial charge in [0.1, 0.15) is 5.65 Å². The molecule has 1 N–H and O–H groups in total. The highest BCUT2D eigenvalue weighted by Gasteiger charge is 2.22. The van der Waals surface area contributed by atoms with Crippen molar-refractivity contribution >= 4 is 17.2 Å². The smallest absolute Gasteiger partial charge is 0.137 e. The molecule has 4 heteroatoms. The van der Waals surface area contributed by atoms with Crippen molar-refractivity contribution in [3.8, 4) is 0 Å². The number of fused-ring (bicyclic) bond motifs is 1. The Balaban J connectivity index is 1.65. The van der Waals surface area contributed by atoms with Crippen molar-refractivity contribution in [2.75, 3.05) is 0 Å². The summed E-state index contributed by atoms with van der Waals surface area (Å²) in [5.41, 5.74) is 2.08. The molecule has 18 heavy (non-hydrogen) atoms. The van der Waals surface area contributed by atoms with Crippen LogP contribution in [0.15, 0.2) is 30.6 Å². The molecule has 2 atom stereocenters. The minimum Gasteiger partial charge on any atom is -0.307 e. The maximum absolute atomic E-state index is 6.34. The first-order valence-corrected chi connectivity index (χ1v) is 7.06. The van der Waals surface area contributed by atoms with Gasteiger partial charge in [0, 0.05) is 30.4 Å². The Morgan fingerprint density at radius 1 is 1.33 bits per heavy atom. The third-order valence-electron chi connectivity index (χ3n) is 3.64. The van der Waals surface area contributed by atoms with Gasteiger partial charge in [-0.15, -0.1) is 11.6 Å². The molecule has 2 heterocycles. The maximum atomic E-state index is 6.34. The highest BCUT2D eigenvalue weighted by molar-refractivity contribution is 6.21. The lowest BCUT2D eigenvalue weighted by Crippen LogP contribution is -2.38. The standard InChI is InChI=1S/C14H18ClN3/c15-12-5-1-2-6-13(12)16-9-11-10-18-8-4-3-7-14(18)17-11/h3-4,7-8,10,12-13,16H,1-2,5-6,9H2. The van der Waals surface area contributed by atoms with Crippen LogP contribution in [0.1, 0.15) is 31.4 Å². The quantitative estimate of drug-likeness (QED) is 0.863. The summed E-state index contributed by atoms with van der Waals surface area (Å²) in [6.07, 6.45) is 8.96. The summed E-state index contributed by atoms with van der Waals surface area (Å²) in [6.45, 7) is 0.801. The maximum Gasteiger partial charge on any atom is 0.137 e. The number of aromatic nitrogens is 2. The van der Waals surface area contributed by atoms with Gasteiger partial charge in [-0.3, -0.25) is 0 Å². The molecular weight excluding hydrogens is 246 g/mol. The second kappa shape index (κ2) is 5.29. The number of nitrogens with zero attached hydrogens (tertiary/aromatic N) is 2. The molecule has 1 aliphatic carbocycles. The van der Waals surface area contributed by atoms with Gasteiger partial charge in [0.05, 0.1) is 5.69 Å². The first kappa shape index (κ1) is 12.0. The van der Waals surface area contributed by atoms with Crippen LogP contribution in [0.5, 0.6) is 0 Å². The van der Waals surface area contributed by atoms with Crippen molar-refractivity contribution in [2.45, 2.75) is 43.6 Å². The van der Waals surface area contributed by atoms with Gasteiger partial charge in [0.25, 0.3) is 0 Å². The van der Waals surface area contributed by atoms with Gasteiger partial charge < -0.3 is 9.72 Å². The Labute approximate surface area is 112 Å². The van der Waals surface area contributed by atoms with Crippen LogP contribution in [0.4, 0.5) is 0 Å². The highest BCUT2D eigenvalue weighted by Crippen LogP contribution is 2.23. The Bertz CT molecular complexity index is 489. The molecule has 1 fully saturated rings. The Morgan fingerprint density at radius 3 is 3.06 bits per heavy atom. The number of halogens is 1. The lowest BCUT2D eigenvalue weighted by atomic mass is 9.95. The van der Waals surface area contributed by atoms with Crippen molar-refractivity contribution in [1.29, 1.82) is 0 Å². The predicted molar refractivity (Wildman–Crippen MR) is 73.9 cm³/mol. The van der Waals surface area contributed by atoms with E-state index >= 15 is 0 Å². The molecule has 0 radical (unpaired) electrons. The third kappa shape index (κ3) is 2.52. The number of imidazole rings is 1. The SMILES string of the molecule is ClC1CCCCC1NCc1cn2ccccc2n1. The molecular formula is C14H18ClN3. The fourth-order valence-corrected chi connectivity index (χ4v) is 2.99. The Kier molecular flexibility index (Phi) is 3.52. The van der Waals surface area contributed by atoms with Crippen LogP contribution in [0.25, 0.3) is 5.65 Å². The van der Waals surface area contributed by atoms with Crippen molar-refractivity contribution < 1.29 is 0 Å². The molecule has 1 saturated carbocycles. The number of rotatable bonds is 3. The second-order valence-corrected chi connectivity index (χ2v) is 5.55. The molecule has 2 aromatic rings. The molecule has 0 bridgehead atoms. The summed E-state index contributed by atoms with van der Waals surface area (Å²) in [7, 11) is 0. The van der Waals surface area contributed by atoms with E-state index in [-0.39, 0.29) is 5.38 Å². The molecule has 0 amide bonds. The topological polar surface area (TPSA) is 29.3 Å². The molecule has 1 aliphatic rings. The number of pyridine rings is 1. The summed E-state index contributed by atoms with van der Waals surface area (Å²) >= 11 is 6.34. The van der Waals surface area contributed by atoms with Gasteiger partial charge >= 0.3 is 0 Å². The second-order valence-electron chi connectivity index (χ2n) is 4.99. The summed E-state index contributed by atoms with van der Waals surface area (Å²) in [4.78, 5) is 4.58. The number of alkyl halides is 1. The molecule has 3 nitrogen and oxygen atoms in total. The third-order valence-corrected chi connectivity index (χ3v) is 4.16. The normalized spacial score (nSPS) is 24.5. The lowest BCUT2D eigenvalue weighted by molar-refractivity contribution is 0.377. The van der Waals surface area contributed by atoms with Crippen LogP contribution in [0, 0.1) is 0 Å². The van der Waals surface area contributed by atoms with Crippen LogP contribution in [0.2, 0.25) is 0 Å². The van der Waals surface area contributed by atoms with E-state index in [2.05, 4.69) is 20.9 Å². The van der Waals surface area contributed by atoms with Gasteiger partial charge in [-0.25, -0.2) is 4.98 Å². The molecule has 0 saturated heterocycles. The van der Waals surface area contributed by atoms with E-state index in [1.165, 1.54) is 19.3 Å². The fourth-order valence-electron chi connectivity index (χ4n) is 2.62. The highest BCUT2D eigenvalue weighted by atomic mass is 35.5. The average Bonchev–Trinajstić information content (AvgIpc) is 2.80. The van der Waals surface area contributed by atoms with Crippen molar-refractivity contribution in [1.82, 2.24) is 14.7 Å². The first-order chi connectivity index (χ1) is 8.83. The van der Waals surface area contributed by atoms with Crippen molar-refractivity contribution in [3.05, 3.63) is 36.3 Å². The van der Waals surface area contributed by atoms with Crippen molar-refractivity contribution in [2.24, 2.45) is 0 Å². The number of hydrogen-bond donors (Lipinski definition) is 1. The lowest BCUT2D eigenvalue weighted by Gasteiger charge is -2.27. The summed E-state index contributed by atoms with van der Waals surface area (Å²) in [5.74, 6) is 0. The Hall–Kier alpha value is -1.06. The molecule has 96 valence electrons. The fraction of sp³-hybridized carbons (Fsp3) is 0.500. The van der Waals surface area contributed by atoms with E-state index in [9.17, 15) is 0 Å². The summed E-state index contributed by atoms with van der Waals surface area (Å²) in [5, 5.41) is 3.81. The van der Waals surface area contributed by atoms with Gasteiger partial charge in [0.15, 0.2) is 0 Å². The van der Waals surface area contributed by atoms with Crippen LogP contribution < -0.4 is 5.32 Å². The first-order valence-electron chi connectivity index (χ1n) is 6.63. The van der Waals surface area contributed by atoms with E-state index in [0.29, 0.717) is 6.04 Å². The molecule has 3 rings (SSSR count). The largest absolute Gasteiger partial charge is 0.307 e. The van der Waals surface area contributed by atoms with Crippen LogP contribution in [-0.4, -0.2) is 20.8 Å². The number of nitrogens with one attached hydrogen (secondary N) is 1. The van der Waals surface area contributed by atoms with Gasteiger partial charge in [-0.2, -0.15) is 0 Å². The van der Waals surface area contributed by atoms with Crippen LogP contribution >= 0.6 is 11.6 Å². The van der Waals surface area contributed by atoms with E-state index in [4.69, 9.17) is 11.6 Å². The van der Waals surface area contributed by atoms with Gasteiger partial charge in [-0.05, 0) is 25.0 Å². The van der Waals surface area contributed by atoms with Crippen LogP contribution in [-0.2, 0) is 6.54 Å². The summed E-state index contributed by atoms with van der Waals surface area (Å²) < 4.78 is 2.05. The van der Waals surface area contributed by atoms with Gasteiger partial charge in [0.2, 0.25) is 0 Å². The Morgan fingerprint density at radius 2 is 2.22 bits per heavy atom. The minimum atomic E-state index is 0.274. The van der Waals surface area contributed by atoms with E-state index < -0.39 is 0 Å².